The van der Waals surface area contributed by atoms with Gasteiger partial charge >= 0.3 is 5.97 Å². The lowest BCUT2D eigenvalue weighted by molar-refractivity contribution is -0.153. The Morgan fingerprint density at radius 3 is 2.71 bits per heavy atom. The van der Waals surface area contributed by atoms with Crippen molar-refractivity contribution in [2.45, 2.75) is 39.3 Å². The summed E-state index contributed by atoms with van der Waals surface area (Å²) in [4.78, 5) is 41.4. The van der Waals surface area contributed by atoms with Gasteiger partial charge in [0.05, 0.1) is 18.1 Å². The third kappa shape index (κ3) is 4.64. The number of amides is 1. The molecule has 0 saturated heterocycles. The first-order valence-electron chi connectivity index (χ1n) is 9.00. The minimum atomic E-state index is -0.937. The van der Waals surface area contributed by atoms with Gasteiger partial charge in [-0.3, -0.25) is 19.0 Å². The highest BCUT2D eigenvalue weighted by Gasteiger charge is 2.18. The molecular formula is C20H21N3O4S. The molecule has 0 aliphatic heterocycles. The summed E-state index contributed by atoms with van der Waals surface area (Å²) in [6, 6.07) is 9.20. The van der Waals surface area contributed by atoms with Crippen molar-refractivity contribution in [3.8, 4) is 0 Å². The van der Waals surface area contributed by atoms with Gasteiger partial charge in [0.15, 0.2) is 6.10 Å². The Morgan fingerprint density at radius 1 is 1.25 bits per heavy atom. The first-order chi connectivity index (χ1) is 13.5. The number of fused-ring (bicyclic) bond motifs is 1. The van der Waals surface area contributed by atoms with Crippen LogP contribution in [0.25, 0.3) is 10.2 Å². The fourth-order valence-corrected chi connectivity index (χ4v) is 3.36. The summed E-state index contributed by atoms with van der Waals surface area (Å²) >= 11 is 1.39. The lowest BCUT2D eigenvalue weighted by Gasteiger charge is -2.14. The van der Waals surface area contributed by atoms with Gasteiger partial charge in [0.25, 0.3) is 11.5 Å². The Kier molecular flexibility index (Phi) is 6.20. The van der Waals surface area contributed by atoms with E-state index in [0.29, 0.717) is 15.9 Å². The molecule has 7 nitrogen and oxygen atoms in total. The van der Waals surface area contributed by atoms with Crippen LogP contribution in [0.4, 0.5) is 5.69 Å². The van der Waals surface area contributed by atoms with E-state index in [1.807, 2.05) is 24.3 Å². The highest BCUT2D eigenvalue weighted by Crippen LogP contribution is 2.14. The second-order valence-corrected chi connectivity index (χ2v) is 7.20. The van der Waals surface area contributed by atoms with Crippen LogP contribution in [-0.2, 0) is 27.3 Å². The molecule has 1 amide bonds. The molecule has 3 rings (SSSR count). The van der Waals surface area contributed by atoms with E-state index in [9.17, 15) is 14.4 Å². The third-order valence-electron chi connectivity index (χ3n) is 4.31. The molecule has 0 saturated carbocycles. The average Bonchev–Trinajstić information content (AvgIpc) is 3.17. The normalized spacial score (nSPS) is 11.9. The summed E-state index contributed by atoms with van der Waals surface area (Å²) in [5.74, 6) is -0.961. The summed E-state index contributed by atoms with van der Waals surface area (Å²) < 4.78 is 6.55. The SMILES string of the molecule is CCc1ccc(NC(=O)C(C)OC(=O)CCn2cnc3sccc3c2=O)cc1. The van der Waals surface area contributed by atoms with E-state index >= 15 is 0 Å². The average molecular weight is 399 g/mol. The zero-order valence-electron chi connectivity index (χ0n) is 15.7. The van der Waals surface area contributed by atoms with Gasteiger partial charge in [-0.1, -0.05) is 19.1 Å². The Hall–Kier alpha value is -3.00. The van der Waals surface area contributed by atoms with Gasteiger partial charge < -0.3 is 10.1 Å². The van der Waals surface area contributed by atoms with Crippen molar-refractivity contribution in [3.05, 3.63) is 58.0 Å². The predicted molar refractivity (Wildman–Crippen MR) is 109 cm³/mol. The summed E-state index contributed by atoms with van der Waals surface area (Å²) in [5.41, 5.74) is 1.62. The van der Waals surface area contributed by atoms with E-state index in [4.69, 9.17) is 4.74 Å². The number of thiophene rings is 1. The Morgan fingerprint density at radius 2 is 2.00 bits per heavy atom. The molecular weight excluding hydrogens is 378 g/mol. The van der Waals surface area contributed by atoms with E-state index in [2.05, 4.69) is 17.2 Å². The molecule has 1 atom stereocenters. The van der Waals surface area contributed by atoms with Crippen molar-refractivity contribution < 1.29 is 14.3 Å². The molecule has 2 aromatic heterocycles. The molecule has 1 N–H and O–H groups in total. The van der Waals surface area contributed by atoms with Gasteiger partial charge in [0.2, 0.25) is 0 Å². The number of esters is 1. The van der Waals surface area contributed by atoms with Gasteiger partial charge in [-0.2, -0.15) is 0 Å². The van der Waals surface area contributed by atoms with Crippen molar-refractivity contribution in [2.24, 2.45) is 0 Å². The fourth-order valence-electron chi connectivity index (χ4n) is 2.64. The molecule has 0 aliphatic carbocycles. The van der Waals surface area contributed by atoms with Gasteiger partial charge in [0.1, 0.15) is 4.83 Å². The standard InChI is InChI=1S/C20H21N3O4S/c1-3-14-4-6-15(7-5-14)22-18(25)13(2)27-17(24)8-10-23-12-21-19-16(20(23)26)9-11-28-19/h4-7,9,11-13H,3,8,10H2,1-2H3,(H,22,25). The number of rotatable bonds is 7. The van der Waals surface area contributed by atoms with Crippen molar-refractivity contribution >= 4 is 39.1 Å². The minimum Gasteiger partial charge on any atom is -0.452 e. The lowest BCUT2D eigenvalue weighted by atomic mass is 10.1. The van der Waals surface area contributed by atoms with Crippen LogP contribution in [0.1, 0.15) is 25.8 Å². The van der Waals surface area contributed by atoms with Crippen LogP contribution >= 0.6 is 11.3 Å². The zero-order valence-corrected chi connectivity index (χ0v) is 16.5. The van der Waals surface area contributed by atoms with E-state index in [-0.39, 0.29) is 18.5 Å². The molecule has 0 bridgehead atoms. The van der Waals surface area contributed by atoms with Gasteiger partial charge in [-0.05, 0) is 42.5 Å². The molecule has 28 heavy (non-hydrogen) atoms. The summed E-state index contributed by atoms with van der Waals surface area (Å²) in [6.45, 7) is 3.71. The molecule has 0 fully saturated rings. The number of hydrogen-bond acceptors (Lipinski definition) is 6. The predicted octanol–water partition coefficient (Wildman–Crippen LogP) is 2.98. The number of hydrogen-bond donors (Lipinski definition) is 1. The minimum absolute atomic E-state index is 0.0277. The van der Waals surface area contributed by atoms with Crippen LogP contribution in [0.3, 0.4) is 0 Å². The number of aryl methyl sites for hydroxylation is 2. The first kappa shape index (κ1) is 19.8. The summed E-state index contributed by atoms with van der Waals surface area (Å²) in [6.07, 6.45) is 1.37. The van der Waals surface area contributed by atoms with Gasteiger partial charge in [0, 0.05) is 12.2 Å². The van der Waals surface area contributed by atoms with Crippen LogP contribution < -0.4 is 10.9 Å². The third-order valence-corrected chi connectivity index (χ3v) is 5.14. The molecule has 146 valence electrons. The monoisotopic (exact) mass is 399 g/mol. The van der Waals surface area contributed by atoms with Crippen molar-refractivity contribution in [2.75, 3.05) is 5.32 Å². The molecule has 0 aliphatic rings. The number of nitrogens with one attached hydrogen (secondary N) is 1. The topological polar surface area (TPSA) is 90.3 Å². The number of carbonyl (C=O) groups is 2. The van der Waals surface area contributed by atoms with Crippen LogP contribution in [0, 0.1) is 0 Å². The Bertz CT molecular complexity index is 1040. The lowest BCUT2D eigenvalue weighted by Crippen LogP contribution is -2.30. The van der Waals surface area contributed by atoms with Crippen LogP contribution in [0.5, 0.6) is 0 Å². The number of anilines is 1. The Labute approximate surface area is 166 Å². The quantitative estimate of drug-likeness (QED) is 0.617. The number of nitrogens with zero attached hydrogens (tertiary/aromatic N) is 2. The van der Waals surface area contributed by atoms with Crippen LogP contribution in [0.2, 0.25) is 0 Å². The fraction of sp³-hybridized carbons (Fsp3) is 0.300. The highest BCUT2D eigenvalue weighted by molar-refractivity contribution is 7.16. The van der Waals surface area contributed by atoms with Crippen LogP contribution in [-0.4, -0.2) is 27.5 Å². The highest BCUT2D eigenvalue weighted by atomic mass is 32.1. The van der Waals surface area contributed by atoms with E-state index in [0.717, 1.165) is 6.42 Å². The maximum absolute atomic E-state index is 12.3. The van der Waals surface area contributed by atoms with Crippen molar-refractivity contribution in [1.29, 1.82) is 0 Å². The molecule has 0 radical (unpaired) electrons. The summed E-state index contributed by atoms with van der Waals surface area (Å²) in [5, 5.41) is 5.05. The van der Waals surface area contributed by atoms with Crippen molar-refractivity contribution in [3.63, 3.8) is 0 Å². The molecule has 2 heterocycles. The van der Waals surface area contributed by atoms with E-state index < -0.39 is 18.0 Å². The number of ether oxygens (including phenoxy) is 1. The molecule has 0 spiro atoms. The smallest absolute Gasteiger partial charge is 0.308 e. The molecule has 1 aromatic carbocycles. The van der Waals surface area contributed by atoms with Gasteiger partial charge in [-0.15, -0.1) is 11.3 Å². The maximum Gasteiger partial charge on any atom is 0.308 e. The maximum atomic E-state index is 12.3. The van der Waals surface area contributed by atoms with E-state index in [1.165, 1.54) is 34.7 Å². The first-order valence-corrected chi connectivity index (χ1v) is 9.88. The number of carbonyl (C=O) groups excluding carboxylic acids is 2. The van der Waals surface area contributed by atoms with E-state index in [1.54, 1.807) is 11.4 Å². The molecule has 8 heteroatoms. The zero-order chi connectivity index (χ0) is 20.1. The van der Waals surface area contributed by atoms with Gasteiger partial charge in [-0.25, -0.2) is 4.98 Å². The largest absolute Gasteiger partial charge is 0.452 e. The second-order valence-electron chi connectivity index (χ2n) is 6.30. The second kappa shape index (κ2) is 8.79. The molecule has 3 aromatic rings. The Balaban J connectivity index is 1.52. The number of benzene rings is 1. The summed E-state index contributed by atoms with van der Waals surface area (Å²) in [7, 11) is 0. The van der Waals surface area contributed by atoms with Crippen LogP contribution in [0.15, 0.2) is 46.8 Å². The van der Waals surface area contributed by atoms with Crippen molar-refractivity contribution in [1.82, 2.24) is 9.55 Å². The number of aromatic nitrogens is 2. The molecule has 1 unspecified atom stereocenters.